The van der Waals surface area contributed by atoms with Crippen LogP contribution >= 0.6 is 0 Å². The Bertz CT molecular complexity index is 501. The number of hydrogen-bond donors (Lipinski definition) is 0. The molecule has 0 saturated carbocycles. The normalized spacial score (nSPS) is 21.5. The van der Waals surface area contributed by atoms with Gasteiger partial charge in [0.1, 0.15) is 11.8 Å². The molecule has 0 N–H and O–H groups in total. The van der Waals surface area contributed by atoms with Crippen LogP contribution in [0.15, 0.2) is 18.2 Å². The van der Waals surface area contributed by atoms with E-state index in [1.54, 1.807) is 0 Å². The largest absolute Gasteiger partial charge is 0.493 e. The first-order valence-electron chi connectivity index (χ1n) is 6.86. The van der Waals surface area contributed by atoms with Crippen molar-refractivity contribution in [2.45, 2.75) is 12.5 Å². The third kappa shape index (κ3) is 2.44. The molecule has 1 fully saturated rings. The molecule has 0 aromatic heterocycles. The van der Waals surface area contributed by atoms with Crippen molar-refractivity contribution in [1.29, 1.82) is 5.26 Å². The van der Waals surface area contributed by atoms with Gasteiger partial charge in [0.25, 0.3) is 0 Å². The number of fused-ring (bicyclic) bond motifs is 1. The minimum Gasteiger partial charge on any atom is -0.493 e. The average molecular weight is 257 g/mol. The lowest BCUT2D eigenvalue weighted by Gasteiger charge is -2.35. The van der Waals surface area contributed by atoms with Crippen LogP contribution < -0.4 is 4.74 Å². The average Bonchev–Trinajstić information content (AvgIpc) is 2.89. The van der Waals surface area contributed by atoms with Gasteiger partial charge in [0.2, 0.25) is 0 Å². The fourth-order valence-corrected chi connectivity index (χ4v) is 2.82. The molecule has 1 aromatic rings. The minimum atomic E-state index is -0.125. The zero-order chi connectivity index (χ0) is 13.2. The summed E-state index contributed by atoms with van der Waals surface area (Å²) in [6.45, 7) is 4.76. The second-order valence-electron chi connectivity index (χ2n) is 5.34. The molecule has 0 amide bonds. The van der Waals surface area contributed by atoms with Crippen LogP contribution in [0, 0.1) is 11.3 Å². The summed E-state index contributed by atoms with van der Waals surface area (Å²) in [7, 11) is 2.13. The van der Waals surface area contributed by atoms with E-state index in [0.29, 0.717) is 0 Å². The van der Waals surface area contributed by atoms with Crippen molar-refractivity contribution in [2.24, 2.45) is 0 Å². The van der Waals surface area contributed by atoms with E-state index in [9.17, 15) is 5.26 Å². The van der Waals surface area contributed by atoms with Crippen molar-refractivity contribution in [3.8, 4) is 11.8 Å². The van der Waals surface area contributed by atoms with Gasteiger partial charge in [0.05, 0.1) is 12.7 Å². The molecule has 100 valence electrons. The van der Waals surface area contributed by atoms with E-state index in [1.165, 1.54) is 5.56 Å². The van der Waals surface area contributed by atoms with Gasteiger partial charge in [-0.05, 0) is 30.3 Å². The smallest absolute Gasteiger partial charge is 0.123 e. The number of nitrogens with zero attached hydrogens (tertiary/aromatic N) is 3. The Morgan fingerprint density at radius 3 is 2.79 bits per heavy atom. The summed E-state index contributed by atoms with van der Waals surface area (Å²) in [5, 5.41) is 9.51. The number of piperazine rings is 1. The lowest BCUT2D eigenvalue weighted by molar-refractivity contribution is 0.133. The summed E-state index contributed by atoms with van der Waals surface area (Å²) < 4.78 is 5.52. The van der Waals surface area contributed by atoms with Crippen LogP contribution in [0.25, 0.3) is 0 Å². The van der Waals surface area contributed by atoms with Gasteiger partial charge in [-0.1, -0.05) is 6.07 Å². The predicted octanol–water partition coefficient (Wildman–Crippen LogP) is 1.43. The molecule has 4 heteroatoms. The van der Waals surface area contributed by atoms with Crippen molar-refractivity contribution >= 4 is 0 Å². The second kappa shape index (κ2) is 5.20. The fourth-order valence-electron chi connectivity index (χ4n) is 2.82. The van der Waals surface area contributed by atoms with Gasteiger partial charge in [-0.15, -0.1) is 0 Å². The van der Waals surface area contributed by atoms with E-state index in [4.69, 9.17) is 4.74 Å². The Hall–Kier alpha value is -1.57. The zero-order valence-electron chi connectivity index (χ0n) is 11.3. The van der Waals surface area contributed by atoms with Crippen molar-refractivity contribution in [1.82, 2.24) is 9.80 Å². The molecule has 2 aliphatic heterocycles. The second-order valence-corrected chi connectivity index (χ2v) is 5.34. The lowest BCUT2D eigenvalue weighted by atomic mass is 10.0. The monoisotopic (exact) mass is 257 g/mol. The standard InChI is InChI=1S/C15H19N3O/c1-17-5-7-18(8-6-17)14(11-16)12-2-3-15-13(10-12)4-9-19-15/h2-3,10,14H,4-9H2,1H3. The van der Waals surface area contributed by atoms with E-state index in [-0.39, 0.29) is 6.04 Å². The first kappa shape index (κ1) is 12.5. The summed E-state index contributed by atoms with van der Waals surface area (Å²) in [4.78, 5) is 4.58. The molecule has 2 aliphatic rings. The van der Waals surface area contributed by atoms with Crippen LogP contribution in [0.1, 0.15) is 17.2 Å². The minimum absolute atomic E-state index is 0.125. The van der Waals surface area contributed by atoms with Crippen molar-refractivity contribution in [3.05, 3.63) is 29.3 Å². The molecule has 2 heterocycles. The first-order valence-corrected chi connectivity index (χ1v) is 6.86. The van der Waals surface area contributed by atoms with E-state index in [2.05, 4.69) is 29.0 Å². The van der Waals surface area contributed by atoms with Gasteiger partial charge < -0.3 is 9.64 Å². The van der Waals surface area contributed by atoms with Gasteiger partial charge in [0, 0.05) is 32.6 Å². The van der Waals surface area contributed by atoms with Crippen LogP contribution in [0.4, 0.5) is 0 Å². The van der Waals surface area contributed by atoms with Crippen LogP contribution in [-0.2, 0) is 6.42 Å². The molecule has 19 heavy (non-hydrogen) atoms. The molecule has 1 aromatic carbocycles. The van der Waals surface area contributed by atoms with E-state index >= 15 is 0 Å². The van der Waals surface area contributed by atoms with E-state index < -0.39 is 0 Å². The molecule has 1 unspecified atom stereocenters. The Kier molecular flexibility index (Phi) is 3.41. The maximum Gasteiger partial charge on any atom is 0.123 e. The van der Waals surface area contributed by atoms with Crippen LogP contribution in [-0.4, -0.2) is 49.6 Å². The molecule has 3 rings (SSSR count). The highest BCUT2D eigenvalue weighted by atomic mass is 16.5. The predicted molar refractivity (Wildman–Crippen MR) is 73.1 cm³/mol. The lowest BCUT2D eigenvalue weighted by Crippen LogP contribution is -2.45. The summed E-state index contributed by atoms with van der Waals surface area (Å²) in [5.41, 5.74) is 2.35. The molecule has 1 atom stereocenters. The number of hydrogen-bond acceptors (Lipinski definition) is 4. The SMILES string of the molecule is CN1CCN(C(C#N)c2ccc3c(c2)CCO3)CC1. The topological polar surface area (TPSA) is 39.5 Å². The molecule has 0 bridgehead atoms. The van der Waals surface area contributed by atoms with Crippen LogP contribution in [0.2, 0.25) is 0 Å². The Morgan fingerprint density at radius 1 is 1.26 bits per heavy atom. The highest BCUT2D eigenvalue weighted by Crippen LogP contribution is 2.30. The van der Waals surface area contributed by atoms with E-state index in [0.717, 1.165) is 50.5 Å². The van der Waals surface area contributed by atoms with Gasteiger partial charge in [-0.25, -0.2) is 0 Å². The molecule has 0 aliphatic carbocycles. The van der Waals surface area contributed by atoms with Gasteiger partial charge >= 0.3 is 0 Å². The quantitative estimate of drug-likeness (QED) is 0.803. The number of rotatable bonds is 2. The van der Waals surface area contributed by atoms with Gasteiger partial charge in [-0.2, -0.15) is 5.26 Å². The van der Waals surface area contributed by atoms with Crippen molar-refractivity contribution in [2.75, 3.05) is 39.8 Å². The summed E-state index contributed by atoms with van der Waals surface area (Å²) in [6.07, 6.45) is 0.962. The Labute approximate surface area is 114 Å². The number of nitriles is 1. The molecular formula is C15H19N3O. The summed E-state index contributed by atoms with van der Waals surface area (Å²) in [5.74, 6) is 0.985. The van der Waals surface area contributed by atoms with Gasteiger partial charge in [0.15, 0.2) is 0 Å². The van der Waals surface area contributed by atoms with Gasteiger partial charge in [-0.3, -0.25) is 4.90 Å². The number of ether oxygens (including phenoxy) is 1. The van der Waals surface area contributed by atoms with Crippen molar-refractivity contribution in [3.63, 3.8) is 0 Å². The molecule has 1 saturated heterocycles. The van der Waals surface area contributed by atoms with Crippen LogP contribution in [0.3, 0.4) is 0 Å². The summed E-state index contributed by atoms with van der Waals surface area (Å²) in [6, 6.07) is 8.53. The highest BCUT2D eigenvalue weighted by Gasteiger charge is 2.25. The number of likely N-dealkylation sites (N-methyl/N-ethyl adjacent to an activating group) is 1. The molecule has 4 nitrogen and oxygen atoms in total. The number of benzene rings is 1. The molecular weight excluding hydrogens is 238 g/mol. The fraction of sp³-hybridized carbons (Fsp3) is 0.533. The summed E-state index contributed by atoms with van der Waals surface area (Å²) >= 11 is 0. The maximum atomic E-state index is 9.51. The first-order chi connectivity index (χ1) is 9.28. The maximum absolute atomic E-state index is 9.51. The Balaban J connectivity index is 1.81. The highest BCUT2D eigenvalue weighted by molar-refractivity contribution is 5.42. The molecule has 0 spiro atoms. The van der Waals surface area contributed by atoms with E-state index in [1.807, 2.05) is 12.1 Å². The third-order valence-electron chi connectivity index (χ3n) is 4.05. The zero-order valence-corrected chi connectivity index (χ0v) is 11.3. The molecule has 0 radical (unpaired) electrons. The third-order valence-corrected chi connectivity index (χ3v) is 4.05. The van der Waals surface area contributed by atoms with Crippen LogP contribution in [0.5, 0.6) is 5.75 Å². The Morgan fingerprint density at radius 2 is 2.05 bits per heavy atom. The van der Waals surface area contributed by atoms with Crippen molar-refractivity contribution < 1.29 is 4.74 Å².